The van der Waals surface area contributed by atoms with Crippen molar-refractivity contribution in [2.45, 2.75) is 70.7 Å². The smallest absolute Gasteiger partial charge is 0.477 e. The molecule has 1 aromatic carbocycles. The molecule has 3 aliphatic heterocycles. The van der Waals surface area contributed by atoms with Gasteiger partial charge >= 0.3 is 7.12 Å². The van der Waals surface area contributed by atoms with Gasteiger partial charge in [-0.2, -0.15) is 0 Å². The maximum atomic E-state index is 13.0. The van der Waals surface area contributed by atoms with Crippen LogP contribution in [-0.4, -0.2) is 58.6 Å². The zero-order valence-corrected chi connectivity index (χ0v) is 22.0. The Morgan fingerprint density at radius 2 is 1.89 bits per heavy atom. The normalized spacial score (nSPS) is 21.6. The molecule has 1 unspecified atom stereocenters. The average Bonchev–Trinajstić information content (AvgIpc) is 3.31. The molecule has 3 aliphatic rings. The Labute approximate surface area is 222 Å². The third kappa shape index (κ3) is 4.92. The van der Waals surface area contributed by atoms with Gasteiger partial charge in [0.1, 0.15) is 12.6 Å². The van der Waals surface area contributed by atoms with E-state index < -0.39 is 30.3 Å². The van der Waals surface area contributed by atoms with E-state index in [0.717, 1.165) is 16.6 Å². The minimum Gasteiger partial charge on any atom is -0.477 e. The number of hydrogen-bond donors (Lipinski definition) is 1. The van der Waals surface area contributed by atoms with Gasteiger partial charge in [-0.15, -0.1) is 0 Å². The van der Waals surface area contributed by atoms with Crippen molar-refractivity contribution in [3.63, 3.8) is 0 Å². The van der Waals surface area contributed by atoms with E-state index in [-0.39, 0.29) is 18.2 Å². The Hall–Kier alpha value is -3.68. The first kappa shape index (κ1) is 26.0. The lowest BCUT2D eigenvalue weighted by atomic mass is 9.80. The molecule has 2 aromatic rings. The second-order valence-corrected chi connectivity index (χ2v) is 10.6. The fourth-order valence-electron chi connectivity index (χ4n) is 4.66. The number of carbonyl (C=O) groups is 3. The number of amides is 3. The summed E-state index contributed by atoms with van der Waals surface area (Å²) in [5.74, 6) is 5.78. The van der Waals surface area contributed by atoms with Crippen LogP contribution < -0.4 is 15.5 Å². The average molecular weight is 515 g/mol. The van der Waals surface area contributed by atoms with Gasteiger partial charge in [-0.25, -0.2) is 4.98 Å². The number of fused-ring (bicyclic) bond motifs is 1. The van der Waals surface area contributed by atoms with Crippen molar-refractivity contribution in [2.24, 2.45) is 0 Å². The van der Waals surface area contributed by atoms with Crippen molar-refractivity contribution in [3.8, 4) is 17.7 Å². The number of nitrogens with zero attached hydrogens (tertiary/aromatic N) is 2. The summed E-state index contributed by atoms with van der Waals surface area (Å²) < 4.78 is 17.9. The van der Waals surface area contributed by atoms with E-state index in [9.17, 15) is 14.4 Å². The van der Waals surface area contributed by atoms with Crippen LogP contribution in [0.3, 0.4) is 0 Å². The van der Waals surface area contributed by atoms with Crippen molar-refractivity contribution in [1.82, 2.24) is 15.2 Å². The first-order valence-electron chi connectivity index (χ1n) is 12.8. The van der Waals surface area contributed by atoms with Crippen LogP contribution in [0.15, 0.2) is 36.5 Å². The van der Waals surface area contributed by atoms with E-state index >= 15 is 0 Å². The van der Waals surface area contributed by atoms with Crippen molar-refractivity contribution >= 4 is 30.3 Å². The number of aromatic nitrogens is 1. The topological polar surface area (TPSA) is 107 Å². The van der Waals surface area contributed by atoms with Gasteiger partial charge in [-0.1, -0.05) is 24.0 Å². The van der Waals surface area contributed by atoms with Gasteiger partial charge in [-0.05, 0) is 57.9 Å². The SMILES string of the molecule is CC1(C)OB(c2ccc(OCCC#Cc3cccc4c3CN(C3CCC(=O)NC3=O)C4=O)nc2)OC1(C)C. The third-order valence-corrected chi connectivity index (χ3v) is 7.57. The third-order valence-electron chi connectivity index (χ3n) is 7.57. The van der Waals surface area contributed by atoms with Crippen LogP contribution in [0.2, 0.25) is 0 Å². The molecule has 0 bridgehead atoms. The number of piperidine rings is 1. The summed E-state index contributed by atoms with van der Waals surface area (Å²) in [7, 11) is -0.474. The molecule has 1 N–H and O–H groups in total. The lowest BCUT2D eigenvalue weighted by molar-refractivity contribution is -0.136. The van der Waals surface area contributed by atoms with Crippen LogP contribution in [0.5, 0.6) is 5.88 Å². The fourth-order valence-corrected chi connectivity index (χ4v) is 4.66. The number of nitrogens with one attached hydrogen (secondary N) is 1. The molecule has 0 saturated carbocycles. The molecule has 0 spiro atoms. The van der Waals surface area contributed by atoms with Gasteiger partial charge in [0, 0.05) is 42.2 Å². The highest BCUT2D eigenvalue weighted by atomic mass is 16.7. The van der Waals surface area contributed by atoms with E-state index in [1.54, 1.807) is 24.4 Å². The number of pyridine rings is 1. The molecule has 4 heterocycles. The molecule has 2 fully saturated rings. The molecule has 0 radical (unpaired) electrons. The second kappa shape index (κ2) is 9.89. The first-order chi connectivity index (χ1) is 18.1. The van der Waals surface area contributed by atoms with Crippen molar-refractivity contribution in [1.29, 1.82) is 0 Å². The van der Waals surface area contributed by atoms with Crippen LogP contribution in [0, 0.1) is 11.8 Å². The molecule has 10 heteroatoms. The van der Waals surface area contributed by atoms with Crippen molar-refractivity contribution in [2.75, 3.05) is 6.61 Å². The molecule has 5 rings (SSSR count). The van der Waals surface area contributed by atoms with Gasteiger partial charge in [0.05, 0.1) is 11.2 Å². The Kier molecular flexibility index (Phi) is 6.76. The maximum absolute atomic E-state index is 13.0. The first-order valence-corrected chi connectivity index (χ1v) is 12.8. The molecular weight excluding hydrogens is 485 g/mol. The summed E-state index contributed by atoms with van der Waals surface area (Å²) in [6.07, 6.45) is 2.71. The zero-order valence-electron chi connectivity index (χ0n) is 22.0. The molecule has 1 aromatic heterocycles. The molecule has 9 nitrogen and oxygen atoms in total. The van der Waals surface area contributed by atoms with E-state index in [0.29, 0.717) is 37.4 Å². The van der Waals surface area contributed by atoms with Gasteiger partial charge in [0.15, 0.2) is 0 Å². The molecule has 2 saturated heterocycles. The van der Waals surface area contributed by atoms with Crippen LogP contribution in [0.25, 0.3) is 0 Å². The number of benzene rings is 1. The standard InChI is InChI=1S/C28H30BN3O6/c1-27(2)28(3,4)38-29(37-27)19-11-14-24(30-16-19)36-15-6-5-8-18-9-7-10-20-21(18)17-32(26(20)35)22-12-13-23(33)31-25(22)34/h7,9-11,14,16,22H,6,12-13,15,17H2,1-4H3,(H,31,33,34). The second-order valence-electron chi connectivity index (χ2n) is 10.6. The zero-order chi connectivity index (χ0) is 27.1. The highest BCUT2D eigenvalue weighted by Crippen LogP contribution is 2.36. The molecule has 3 amide bonds. The molecule has 196 valence electrons. The summed E-state index contributed by atoms with van der Waals surface area (Å²) in [5.41, 5.74) is 2.09. The predicted octanol–water partition coefficient (Wildman–Crippen LogP) is 1.96. The summed E-state index contributed by atoms with van der Waals surface area (Å²) in [6.45, 7) is 8.68. The minimum absolute atomic E-state index is 0.212. The molecule has 1 atom stereocenters. The summed E-state index contributed by atoms with van der Waals surface area (Å²) in [5, 5.41) is 2.32. The highest BCUT2D eigenvalue weighted by molar-refractivity contribution is 6.62. The Morgan fingerprint density at radius 3 is 2.58 bits per heavy atom. The van der Waals surface area contributed by atoms with E-state index in [2.05, 4.69) is 22.1 Å². The summed E-state index contributed by atoms with van der Waals surface area (Å²) >= 11 is 0. The van der Waals surface area contributed by atoms with Gasteiger partial charge in [-0.3, -0.25) is 19.7 Å². The molecular formula is C28H30BN3O6. The lowest BCUT2D eigenvalue weighted by Gasteiger charge is -2.32. The van der Waals surface area contributed by atoms with Gasteiger partial charge in [0.25, 0.3) is 5.91 Å². The van der Waals surface area contributed by atoms with E-state index in [1.165, 1.54) is 4.90 Å². The maximum Gasteiger partial charge on any atom is 0.496 e. The van der Waals surface area contributed by atoms with Gasteiger partial charge < -0.3 is 18.9 Å². The Morgan fingerprint density at radius 1 is 1.13 bits per heavy atom. The minimum atomic E-state index is -0.648. The number of carbonyl (C=O) groups excluding carboxylic acids is 3. The monoisotopic (exact) mass is 515 g/mol. The fraction of sp³-hybridized carbons (Fsp3) is 0.429. The van der Waals surface area contributed by atoms with Gasteiger partial charge in [0.2, 0.25) is 17.7 Å². The number of rotatable bonds is 5. The number of ether oxygens (including phenoxy) is 1. The van der Waals surface area contributed by atoms with Crippen LogP contribution in [-0.2, 0) is 25.4 Å². The Bertz CT molecular complexity index is 1330. The molecule has 0 aliphatic carbocycles. The van der Waals surface area contributed by atoms with Crippen LogP contribution in [0.4, 0.5) is 0 Å². The van der Waals surface area contributed by atoms with Crippen LogP contribution in [0.1, 0.15) is 68.4 Å². The van der Waals surface area contributed by atoms with Crippen molar-refractivity contribution < 1.29 is 28.4 Å². The lowest BCUT2D eigenvalue weighted by Crippen LogP contribution is -2.52. The number of hydrogen-bond acceptors (Lipinski definition) is 7. The Balaban J connectivity index is 1.16. The predicted molar refractivity (Wildman–Crippen MR) is 139 cm³/mol. The van der Waals surface area contributed by atoms with Crippen LogP contribution >= 0.6 is 0 Å². The van der Waals surface area contributed by atoms with E-state index in [1.807, 2.05) is 39.8 Å². The summed E-state index contributed by atoms with van der Waals surface area (Å²) in [4.78, 5) is 42.6. The van der Waals surface area contributed by atoms with E-state index in [4.69, 9.17) is 14.0 Å². The number of imide groups is 1. The largest absolute Gasteiger partial charge is 0.496 e. The quantitative estimate of drug-likeness (QED) is 0.281. The highest BCUT2D eigenvalue weighted by Gasteiger charge is 2.51. The van der Waals surface area contributed by atoms with Crippen molar-refractivity contribution in [3.05, 3.63) is 53.2 Å². The molecule has 38 heavy (non-hydrogen) atoms. The summed E-state index contributed by atoms with van der Waals surface area (Å²) in [6, 6.07) is 8.42.